The largest absolute Gasteiger partial charge is 0.370 e. The Morgan fingerprint density at radius 1 is 1.38 bits per heavy atom. The maximum atomic E-state index is 13.9. The number of alkyl halides is 2. The predicted molar refractivity (Wildman–Crippen MR) is 79.6 cm³/mol. The zero-order chi connectivity index (χ0) is 15.2. The molecule has 0 amide bonds. The molecule has 1 N–H and O–H groups in total. The van der Waals surface area contributed by atoms with E-state index in [-0.39, 0.29) is 27.8 Å². The molecule has 0 aliphatic carbocycles. The van der Waals surface area contributed by atoms with Crippen molar-refractivity contribution < 1.29 is 8.78 Å². The van der Waals surface area contributed by atoms with Crippen LogP contribution in [0.25, 0.3) is 10.9 Å². The van der Waals surface area contributed by atoms with Gasteiger partial charge in [-0.15, -0.1) is 0 Å². The third kappa shape index (κ3) is 2.70. The van der Waals surface area contributed by atoms with Crippen LogP contribution in [0.2, 0.25) is 10.2 Å². The summed E-state index contributed by atoms with van der Waals surface area (Å²) in [6.45, 7) is 2.51. The zero-order valence-electron chi connectivity index (χ0n) is 11.1. The smallest absolute Gasteiger partial charge is 0.272 e. The van der Waals surface area contributed by atoms with Gasteiger partial charge in [-0.1, -0.05) is 23.2 Å². The van der Waals surface area contributed by atoms with Gasteiger partial charge in [0.25, 0.3) is 5.92 Å². The second-order valence-corrected chi connectivity index (χ2v) is 5.74. The van der Waals surface area contributed by atoms with Crippen molar-refractivity contribution in [2.45, 2.75) is 19.4 Å². The first-order valence-electron chi connectivity index (χ1n) is 6.37. The van der Waals surface area contributed by atoms with Gasteiger partial charge >= 0.3 is 0 Å². The van der Waals surface area contributed by atoms with Crippen LogP contribution in [0.1, 0.15) is 12.5 Å². The van der Waals surface area contributed by atoms with Gasteiger partial charge in [0.2, 0.25) is 0 Å². The van der Waals surface area contributed by atoms with Crippen LogP contribution < -0.4 is 5.32 Å². The van der Waals surface area contributed by atoms with E-state index in [1.807, 2.05) is 0 Å². The summed E-state index contributed by atoms with van der Waals surface area (Å²) < 4.78 is 29.2. The number of hydrogen-bond donors (Lipinski definition) is 1. The lowest BCUT2D eigenvalue weighted by molar-refractivity contribution is 0.0187. The maximum Gasteiger partial charge on any atom is 0.272 e. The Kier molecular flexibility index (Phi) is 3.53. The van der Waals surface area contributed by atoms with Gasteiger partial charge in [-0.3, -0.25) is 9.67 Å². The van der Waals surface area contributed by atoms with Crippen molar-refractivity contribution in [3.63, 3.8) is 0 Å². The summed E-state index contributed by atoms with van der Waals surface area (Å²) in [4.78, 5) is 4.24. The number of fused-ring (bicyclic) bond motifs is 1. The van der Waals surface area contributed by atoms with Gasteiger partial charge in [-0.2, -0.15) is 5.10 Å². The van der Waals surface area contributed by atoms with Gasteiger partial charge in [0.05, 0.1) is 18.6 Å². The highest BCUT2D eigenvalue weighted by atomic mass is 35.5. The molecule has 1 aromatic carbocycles. The van der Waals surface area contributed by atoms with E-state index >= 15 is 0 Å². The molecular weight excluding hydrogens is 321 g/mol. The van der Waals surface area contributed by atoms with E-state index in [1.165, 1.54) is 10.7 Å². The Hall–Kier alpha value is -1.40. The molecule has 0 saturated heterocycles. The highest BCUT2D eigenvalue weighted by Crippen LogP contribution is 2.37. The molecule has 0 bridgehead atoms. The molecule has 1 aliphatic rings. The van der Waals surface area contributed by atoms with Crippen LogP contribution in [0.4, 0.5) is 8.78 Å². The number of hydrogen-bond acceptors (Lipinski definition) is 3. The van der Waals surface area contributed by atoms with E-state index in [0.29, 0.717) is 17.8 Å². The zero-order valence-corrected chi connectivity index (χ0v) is 12.6. The summed E-state index contributed by atoms with van der Waals surface area (Å²) in [6.07, 6.45) is 0. The topological polar surface area (TPSA) is 42.2 Å². The number of aliphatic imine (C=N–C) groups is 1. The van der Waals surface area contributed by atoms with Crippen LogP contribution in [-0.4, -0.2) is 28.7 Å². The van der Waals surface area contributed by atoms with E-state index in [0.717, 1.165) is 13.5 Å². The molecule has 1 aliphatic heterocycles. The van der Waals surface area contributed by atoms with Gasteiger partial charge < -0.3 is 5.32 Å². The minimum absolute atomic E-state index is 0.150. The van der Waals surface area contributed by atoms with Gasteiger partial charge in [0.15, 0.2) is 5.15 Å². The molecule has 1 aromatic heterocycles. The summed E-state index contributed by atoms with van der Waals surface area (Å²) in [5.41, 5.74) is 0.0938. The lowest BCUT2D eigenvalue weighted by atomic mass is 10.1. The summed E-state index contributed by atoms with van der Waals surface area (Å²) in [5, 5.41) is 7.99. The average Bonchev–Trinajstić information content (AvgIpc) is 2.98. The molecule has 0 fully saturated rings. The normalized spacial score (nSPS) is 15.4. The quantitative estimate of drug-likeness (QED) is 0.935. The van der Waals surface area contributed by atoms with E-state index in [9.17, 15) is 8.78 Å². The molecular formula is C13H12Cl2F2N4. The lowest BCUT2D eigenvalue weighted by Crippen LogP contribution is -2.24. The number of halogens is 4. The SMILES string of the molecule is CC(F)(F)c1cc(Cl)cc2c(Cl)nn(CC3=NCCN3)c12. The number of nitrogens with zero attached hydrogens (tertiary/aromatic N) is 3. The fourth-order valence-corrected chi connectivity index (χ4v) is 2.84. The molecule has 8 heteroatoms. The number of aromatic nitrogens is 2. The van der Waals surface area contributed by atoms with E-state index < -0.39 is 5.92 Å². The standard InChI is InChI=1S/C13H12Cl2F2N4/c1-13(16,17)9-5-7(14)4-8-11(9)21(20-12(8)15)6-10-18-2-3-19-10/h4-5H,2-3,6H2,1H3,(H,18,19). The highest BCUT2D eigenvalue weighted by molar-refractivity contribution is 6.36. The third-order valence-corrected chi connectivity index (χ3v) is 3.78. The summed E-state index contributed by atoms with van der Waals surface area (Å²) in [6, 6.07) is 2.80. The summed E-state index contributed by atoms with van der Waals surface area (Å²) in [7, 11) is 0. The monoisotopic (exact) mass is 332 g/mol. The first kappa shape index (κ1) is 14.5. The van der Waals surface area contributed by atoms with Crippen molar-refractivity contribution in [2.75, 3.05) is 13.1 Å². The van der Waals surface area contributed by atoms with Crippen molar-refractivity contribution in [1.29, 1.82) is 0 Å². The number of amidine groups is 1. The Morgan fingerprint density at radius 3 is 2.76 bits per heavy atom. The lowest BCUT2D eigenvalue weighted by Gasteiger charge is -2.14. The molecule has 2 heterocycles. The number of benzene rings is 1. The molecule has 0 saturated carbocycles. The summed E-state index contributed by atoms with van der Waals surface area (Å²) >= 11 is 12.0. The van der Waals surface area contributed by atoms with Crippen LogP contribution in [0, 0.1) is 0 Å². The molecule has 2 aromatic rings. The third-order valence-electron chi connectivity index (χ3n) is 3.28. The van der Waals surface area contributed by atoms with Gasteiger partial charge in [-0.25, -0.2) is 8.78 Å². The fraction of sp³-hybridized carbons (Fsp3) is 0.385. The van der Waals surface area contributed by atoms with Crippen LogP contribution >= 0.6 is 23.2 Å². The van der Waals surface area contributed by atoms with Crippen LogP contribution in [-0.2, 0) is 12.5 Å². The van der Waals surface area contributed by atoms with Crippen LogP contribution in [0.5, 0.6) is 0 Å². The molecule has 4 nitrogen and oxygen atoms in total. The van der Waals surface area contributed by atoms with E-state index in [1.54, 1.807) is 6.07 Å². The van der Waals surface area contributed by atoms with E-state index in [4.69, 9.17) is 23.2 Å². The minimum atomic E-state index is -3.05. The molecule has 0 atom stereocenters. The van der Waals surface area contributed by atoms with Crippen molar-refractivity contribution in [3.05, 3.63) is 27.9 Å². The second-order valence-electron chi connectivity index (χ2n) is 4.94. The molecule has 0 spiro atoms. The molecule has 21 heavy (non-hydrogen) atoms. The van der Waals surface area contributed by atoms with Crippen LogP contribution in [0.3, 0.4) is 0 Å². The second kappa shape index (κ2) is 5.10. The van der Waals surface area contributed by atoms with E-state index in [2.05, 4.69) is 15.4 Å². The van der Waals surface area contributed by atoms with Gasteiger partial charge in [0.1, 0.15) is 5.84 Å². The Labute approximate surface area is 129 Å². The highest BCUT2D eigenvalue weighted by Gasteiger charge is 2.30. The Morgan fingerprint density at radius 2 is 2.14 bits per heavy atom. The van der Waals surface area contributed by atoms with Crippen molar-refractivity contribution >= 4 is 39.9 Å². The van der Waals surface area contributed by atoms with Crippen molar-refractivity contribution in [3.8, 4) is 0 Å². The molecule has 112 valence electrons. The van der Waals surface area contributed by atoms with Gasteiger partial charge in [0, 0.05) is 29.4 Å². The molecule has 0 radical (unpaired) electrons. The van der Waals surface area contributed by atoms with Gasteiger partial charge in [-0.05, 0) is 12.1 Å². The number of rotatable bonds is 3. The first-order chi connectivity index (χ1) is 9.86. The minimum Gasteiger partial charge on any atom is -0.370 e. The fourth-order valence-electron chi connectivity index (χ4n) is 2.39. The first-order valence-corrected chi connectivity index (χ1v) is 7.13. The summed E-state index contributed by atoms with van der Waals surface area (Å²) in [5.74, 6) is -2.34. The molecule has 3 rings (SSSR count). The molecule has 0 unspecified atom stereocenters. The van der Waals surface area contributed by atoms with Crippen molar-refractivity contribution in [2.24, 2.45) is 4.99 Å². The predicted octanol–water partition coefficient (Wildman–Crippen LogP) is 3.46. The van der Waals surface area contributed by atoms with Crippen molar-refractivity contribution in [1.82, 2.24) is 15.1 Å². The maximum absolute atomic E-state index is 13.9. The Balaban J connectivity index is 2.21. The van der Waals surface area contributed by atoms with Crippen LogP contribution in [0.15, 0.2) is 17.1 Å². The number of nitrogens with one attached hydrogen (secondary N) is 1. The Bertz CT molecular complexity index is 734. The average molecular weight is 333 g/mol.